The van der Waals surface area contributed by atoms with E-state index in [1.54, 1.807) is 36.4 Å². The van der Waals surface area contributed by atoms with Crippen molar-refractivity contribution in [3.05, 3.63) is 167 Å². The number of aryl methyl sites for hydroxylation is 2. The lowest BCUT2D eigenvalue weighted by Gasteiger charge is -2.10. The number of H-pyrrole nitrogens is 1. The molecule has 0 saturated carbocycles. The first-order chi connectivity index (χ1) is 27.5. The summed E-state index contributed by atoms with van der Waals surface area (Å²) in [6.45, 7) is 0.690. The van der Waals surface area contributed by atoms with Crippen molar-refractivity contribution in [1.29, 1.82) is 0 Å². The van der Waals surface area contributed by atoms with Gasteiger partial charge in [0.05, 0.1) is 22.2 Å². The molecule has 7 nitrogen and oxygen atoms in total. The van der Waals surface area contributed by atoms with E-state index < -0.39 is 17.6 Å². The topological polar surface area (TPSA) is 99.8 Å². The van der Waals surface area contributed by atoms with Crippen molar-refractivity contribution in [1.82, 2.24) is 25.6 Å². The van der Waals surface area contributed by atoms with Crippen molar-refractivity contribution in [2.75, 3.05) is 13.1 Å². The number of hydrogen-bond acceptors (Lipinski definition) is 4. The molecule has 3 N–H and O–H groups in total. The summed E-state index contributed by atoms with van der Waals surface area (Å²) in [6, 6.07) is 32.9. The lowest BCUT2D eigenvalue weighted by Crippen LogP contribution is -2.25. The number of aromatic amines is 1. The van der Waals surface area contributed by atoms with Crippen molar-refractivity contribution in [3.63, 3.8) is 0 Å². The first-order valence-electron chi connectivity index (χ1n) is 18.3. The predicted octanol–water partition coefficient (Wildman–Crippen LogP) is 9.98. The van der Waals surface area contributed by atoms with E-state index in [4.69, 9.17) is 0 Å². The molecule has 7 rings (SSSR count). The van der Waals surface area contributed by atoms with Crippen molar-refractivity contribution in [2.45, 2.75) is 31.9 Å². The third kappa shape index (κ3) is 9.41. The van der Waals surface area contributed by atoms with Gasteiger partial charge in [0.25, 0.3) is 11.8 Å². The third-order valence-electron chi connectivity index (χ3n) is 9.58. The van der Waals surface area contributed by atoms with Crippen molar-refractivity contribution >= 4 is 22.8 Å². The molecular formula is C45H36F5N5O2. The smallest absolute Gasteiger partial charge is 0.352 e. The van der Waals surface area contributed by atoms with Crippen LogP contribution in [0.5, 0.6) is 0 Å². The number of alkyl halides is 3. The molecule has 0 fully saturated rings. The van der Waals surface area contributed by atoms with E-state index in [2.05, 4.69) is 25.6 Å². The van der Waals surface area contributed by atoms with Gasteiger partial charge >= 0.3 is 6.18 Å². The van der Waals surface area contributed by atoms with Gasteiger partial charge in [0.2, 0.25) is 0 Å². The number of carbonyl (C=O) groups excluding carboxylic acids is 2. The quantitative estimate of drug-likeness (QED) is 0.0803. The van der Waals surface area contributed by atoms with Crippen LogP contribution in [0.25, 0.3) is 44.4 Å². The molecule has 2 amide bonds. The molecule has 2 aromatic heterocycles. The summed E-state index contributed by atoms with van der Waals surface area (Å²) in [7, 11) is 0. The normalized spacial score (nSPS) is 11.5. The minimum atomic E-state index is -4.59. The van der Waals surface area contributed by atoms with Crippen molar-refractivity contribution in [2.24, 2.45) is 0 Å². The number of nitrogens with zero attached hydrogens (tertiary/aromatic N) is 2. The maximum absolute atomic E-state index is 15.1. The standard InChI is InChI=1S/C45H36F5N5O2/c46-38-8-2-1-7-36(38)30-13-9-28(10-14-30)6-4-22-53-44(57)42-54-40-20-18-33(25-41(40)55-42)32-17-19-39(47)37(24-32)31-15-11-29(12-16-31)5-3-21-52-43(56)34-23-35(27-51-26-34)45(48,49)50/h1-2,7-20,23-27H,3-6,21-22H2,(H,52,56)(H,53,57)(H,54,55). The summed E-state index contributed by atoms with van der Waals surface area (Å²) in [6.07, 6.45) is -0.258. The lowest BCUT2D eigenvalue weighted by atomic mass is 9.97. The zero-order valence-corrected chi connectivity index (χ0v) is 30.5. The van der Waals surface area contributed by atoms with Crippen LogP contribution in [0.3, 0.4) is 0 Å². The molecule has 0 bridgehead atoms. The molecule has 0 atom stereocenters. The SMILES string of the molecule is O=C(NCCCc1ccc(-c2cc(-c3ccc4nc(C(=O)NCCCc5ccc(-c6ccccc6F)cc5)[nH]c4c3)ccc2F)cc1)c1cncc(C(F)(F)F)c1. The van der Waals surface area contributed by atoms with Crippen LogP contribution in [0, 0.1) is 11.6 Å². The van der Waals surface area contributed by atoms with E-state index in [9.17, 15) is 27.2 Å². The Hall–Kier alpha value is -6.69. The number of imidazole rings is 1. The van der Waals surface area contributed by atoms with Gasteiger partial charge in [-0.2, -0.15) is 13.2 Å². The Morgan fingerprint density at radius 1 is 0.614 bits per heavy atom. The molecule has 0 aliphatic rings. The second-order valence-corrected chi connectivity index (χ2v) is 13.6. The van der Waals surface area contributed by atoms with Crippen molar-refractivity contribution < 1.29 is 31.5 Å². The molecule has 288 valence electrons. The van der Waals surface area contributed by atoms with E-state index in [1.807, 2.05) is 60.7 Å². The maximum Gasteiger partial charge on any atom is 0.417 e. The first-order valence-corrected chi connectivity index (χ1v) is 18.3. The Morgan fingerprint density at radius 2 is 1.19 bits per heavy atom. The van der Waals surface area contributed by atoms with E-state index in [0.29, 0.717) is 59.7 Å². The number of halogens is 5. The molecule has 0 spiro atoms. The highest BCUT2D eigenvalue weighted by molar-refractivity contribution is 5.95. The van der Waals surface area contributed by atoms with E-state index >= 15 is 4.39 Å². The number of pyridine rings is 1. The van der Waals surface area contributed by atoms with E-state index in [0.717, 1.165) is 46.5 Å². The monoisotopic (exact) mass is 773 g/mol. The van der Waals surface area contributed by atoms with Gasteiger partial charge in [-0.25, -0.2) is 13.8 Å². The Morgan fingerprint density at radius 3 is 1.86 bits per heavy atom. The number of benzene rings is 5. The summed E-state index contributed by atoms with van der Waals surface area (Å²) in [4.78, 5) is 36.4. The predicted molar refractivity (Wildman–Crippen MR) is 209 cm³/mol. The number of rotatable bonds is 13. The van der Waals surface area contributed by atoms with Gasteiger partial charge in [0.15, 0.2) is 5.82 Å². The molecule has 5 aromatic carbocycles. The maximum atomic E-state index is 15.1. The Labute approximate surface area is 325 Å². The zero-order chi connectivity index (χ0) is 39.9. The summed E-state index contributed by atoms with van der Waals surface area (Å²) in [5.41, 5.74) is 6.17. The van der Waals surface area contributed by atoms with E-state index in [1.165, 1.54) is 12.1 Å². The van der Waals surface area contributed by atoms with Crippen LogP contribution >= 0.6 is 0 Å². The van der Waals surface area contributed by atoms with Crippen LogP contribution < -0.4 is 10.6 Å². The van der Waals surface area contributed by atoms with Crippen LogP contribution in [0.4, 0.5) is 22.0 Å². The summed E-state index contributed by atoms with van der Waals surface area (Å²) < 4.78 is 68.1. The molecule has 57 heavy (non-hydrogen) atoms. The second-order valence-electron chi connectivity index (χ2n) is 13.6. The van der Waals surface area contributed by atoms with Crippen LogP contribution in [0.1, 0.15) is 50.5 Å². The fourth-order valence-corrected chi connectivity index (χ4v) is 6.51. The fraction of sp³-hybridized carbons (Fsp3) is 0.156. The van der Waals surface area contributed by atoms with Crippen molar-refractivity contribution in [3.8, 4) is 33.4 Å². The molecule has 2 heterocycles. The third-order valence-corrected chi connectivity index (χ3v) is 9.58. The van der Waals surface area contributed by atoms with Crippen LogP contribution in [0.15, 0.2) is 128 Å². The van der Waals surface area contributed by atoms with Crippen LogP contribution in [0.2, 0.25) is 0 Å². The lowest BCUT2D eigenvalue weighted by molar-refractivity contribution is -0.137. The second kappa shape index (κ2) is 17.0. The Bertz CT molecular complexity index is 2530. The zero-order valence-electron chi connectivity index (χ0n) is 30.5. The number of hydrogen-bond donors (Lipinski definition) is 3. The van der Waals surface area contributed by atoms with Gasteiger partial charge in [0.1, 0.15) is 11.6 Å². The van der Waals surface area contributed by atoms with Gasteiger partial charge in [-0.15, -0.1) is 0 Å². The van der Waals surface area contributed by atoms with Crippen LogP contribution in [-0.2, 0) is 19.0 Å². The summed E-state index contributed by atoms with van der Waals surface area (Å²) >= 11 is 0. The van der Waals surface area contributed by atoms with Gasteiger partial charge in [0, 0.05) is 36.6 Å². The minimum absolute atomic E-state index is 0.165. The highest BCUT2D eigenvalue weighted by Crippen LogP contribution is 2.31. The largest absolute Gasteiger partial charge is 0.417 e. The Kier molecular flexibility index (Phi) is 11.5. The van der Waals surface area contributed by atoms with Gasteiger partial charge in [-0.05, 0) is 95.5 Å². The number of carbonyl (C=O) groups is 2. The minimum Gasteiger partial charge on any atom is -0.352 e. The number of fused-ring (bicyclic) bond motifs is 1. The fourth-order valence-electron chi connectivity index (χ4n) is 6.51. The van der Waals surface area contributed by atoms with Gasteiger partial charge in [-0.1, -0.05) is 78.9 Å². The first kappa shape index (κ1) is 38.6. The average molecular weight is 774 g/mol. The Balaban J connectivity index is 0.916. The highest BCUT2D eigenvalue weighted by atomic mass is 19.4. The average Bonchev–Trinajstić information content (AvgIpc) is 3.66. The molecule has 12 heteroatoms. The highest BCUT2D eigenvalue weighted by Gasteiger charge is 2.31. The van der Waals surface area contributed by atoms with Gasteiger partial charge in [-0.3, -0.25) is 14.6 Å². The molecule has 0 aliphatic heterocycles. The molecular weight excluding hydrogens is 738 g/mol. The molecule has 0 unspecified atom stereocenters. The molecule has 0 saturated heterocycles. The molecule has 0 radical (unpaired) electrons. The molecule has 7 aromatic rings. The van der Waals surface area contributed by atoms with Crippen LogP contribution in [-0.4, -0.2) is 39.9 Å². The summed E-state index contributed by atoms with van der Waals surface area (Å²) in [5, 5.41) is 5.54. The number of nitrogens with one attached hydrogen (secondary N) is 3. The number of amides is 2. The summed E-state index contributed by atoms with van der Waals surface area (Å²) in [5.74, 6) is -1.43. The number of aromatic nitrogens is 3. The molecule has 0 aliphatic carbocycles. The van der Waals surface area contributed by atoms with Gasteiger partial charge < -0.3 is 15.6 Å². The van der Waals surface area contributed by atoms with E-state index in [-0.39, 0.29) is 35.5 Å².